The van der Waals surface area contributed by atoms with Crippen molar-refractivity contribution in [2.24, 2.45) is 23.5 Å². The Morgan fingerprint density at radius 1 is 1.17 bits per heavy atom. The van der Waals surface area contributed by atoms with Gasteiger partial charge in [0.05, 0.1) is 0 Å². The fraction of sp³-hybridized carbons (Fsp3) is 0.600. The number of nitrogens with two attached hydrogens (primary N) is 1. The first-order chi connectivity index (χ1) is 8.49. The molecule has 1 aliphatic carbocycles. The summed E-state index contributed by atoms with van der Waals surface area (Å²) in [6.45, 7) is 4.66. The zero-order chi connectivity index (χ0) is 13.3. The second-order valence-corrected chi connectivity index (χ2v) is 6.56. The number of halogens is 2. The third-order valence-corrected chi connectivity index (χ3v) is 5.03. The lowest BCUT2D eigenvalue weighted by molar-refractivity contribution is 0.186. The summed E-state index contributed by atoms with van der Waals surface area (Å²) in [5.41, 5.74) is 7.44. The van der Waals surface area contributed by atoms with E-state index in [1.165, 1.54) is 19.3 Å². The molecule has 0 bridgehead atoms. The predicted octanol–water partition coefficient (Wildman–Crippen LogP) is 5.07. The maximum atomic E-state index is 6.40. The van der Waals surface area contributed by atoms with Crippen molar-refractivity contribution in [1.29, 1.82) is 0 Å². The van der Waals surface area contributed by atoms with Crippen LogP contribution in [-0.4, -0.2) is 0 Å². The Morgan fingerprint density at radius 3 is 2.50 bits per heavy atom. The van der Waals surface area contributed by atoms with Gasteiger partial charge in [0.15, 0.2) is 0 Å². The molecule has 100 valence electrons. The van der Waals surface area contributed by atoms with Crippen molar-refractivity contribution in [3.05, 3.63) is 33.8 Å². The van der Waals surface area contributed by atoms with Gasteiger partial charge in [-0.3, -0.25) is 0 Å². The normalized spacial score (nSPS) is 30.2. The van der Waals surface area contributed by atoms with Crippen LogP contribution in [0.25, 0.3) is 0 Å². The fourth-order valence-electron chi connectivity index (χ4n) is 2.94. The van der Waals surface area contributed by atoms with Crippen LogP contribution in [0.3, 0.4) is 0 Å². The molecule has 0 amide bonds. The first-order valence-corrected chi connectivity index (χ1v) is 7.45. The van der Waals surface area contributed by atoms with Gasteiger partial charge in [-0.05, 0) is 48.3 Å². The Hall–Kier alpha value is -0.240. The number of rotatable bonds is 2. The minimum Gasteiger partial charge on any atom is -0.324 e. The predicted molar refractivity (Wildman–Crippen MR) is 79.1 cm³/mol. The molecule has 1 aromatic rings. The maximum Gasteiger partial charge on any atom is 0.0468 e. The first kappa shape index (κ1) is 14.2. The molecule has 4 atom stereocenters. The van der Waals surface area contributed by atoms with Gasteiger partial charge in [-0.2, -0.15) is 0 Å². The lowest BCUT2D eigenvalue weighted by atomic mass is 9.72. The van der Waals surface area contributed by atoms with E-state index in [0.717, 1.165) is 17.4 Å². The molecule has 18 heavy (non-hydrogen) atoms. The monoisotopic (exact) mass is 285 g/mol. The molecule has 1 saturated carbocycles. The molecule has 0 aromatic heterocycles. The van der Waals surface area contributed by atoms with E-state index in [1.54, 1.807) is 6.07 Å². The lowest BCUT2D eigenvalue weighted by Crippen LogP contribution is -2.29. The van der Waals surface area contributed by atoms with Crippen molar-refractivity contribution in [3.63, 3.8) is 0 Å². The van der Waals surface area contributed by atoms with Gasteiger partial charge in [-0.25, -0.2) is 0 Å². The maximum absolute atomic E-state index is 6.40. The molecule has 1 fully saturated rings. The Labute approximate surface area is 120 Å². The van der Waals surface area contributed by atoms with Crippen LogP contribution >= 0.6 is 23.2 Å². The summed E-state index contributed by atoms with van der Waals surface area (Å²) in [5, 5.41) is 1.36. The lowest BCUT2D eigenvalue weighted by Gasteiger charge is -2.35. The van der Waals surface area contributed by atoms with Crippen LogP contribution < -0.4 is 5.73 Å². The van der Waals surface area contributed by atoms with E-state index < -0.39 is 0 Å². The first-order valence-electron chi connectivity index (χ1n) is 6.69. The molecule has 0 radical (unpaired) electrons. The third-order valence-electron chi connectivity index (χ3n) is 4.47. The minimum absolute atomic E-state index is 0.0321. The van der Waals surface area contributed by atoms with E-state index in [4.69, 9.17) is 28.9 Å². The third kappa shape index (κ3) is 3.01. The van der Waals surface area contributed by atoms with E-state index in [0.29, 0.717) is 16.0 Å². The highest BCUT2D eigenvalue weighted by Gasteiger charge is 2.29. The van der Waals surface area contributed by atoms with Gasteiger partial charge in [-0.1, -0.05) is 49.5 Å². The van der Waals surface area contributed by atoms with Crippen LogP contribution in [0.5, 0.6) is 0 Å². The molecule has 4 unspecified atom stereocenters. The standard InChI is InChI=1S/C15H21Cl2N/c1-9-3-4-11(7-10(9)2)15(18)13-6-5-12(16)8-14(13)17/h5-6,8-11,15H,3-4,7,18H2,1-2H3. The molecule has 0 aliphatic heterocycles. The van der Waals surface area contributed by atoms with Gasteiger partial charge < -0.3 is 5.73 Å². The number of benzene rings is 1. The molecule has 2 N–H and O–H groups in total. The molecule has 0 spiro atoms. The van der Waals surface area contributed by atoms with Gasteiger partial charge in [0, 0.05) is 16.1 Å². The molecular weight excluding hydrogens is 265 g/mol. The van der Waals surface area contributed by atoms with E-state index >= 15 is 0 Å². The van der Waals surface area contributed by atoms with Crippen LogP contribution in [0.4, 0.5) is 0 Å². The summed E-state index contributed by atoms with van der Waals surface area (Å²) < 4.78 is 0. The molecule has 1 nitrogen and oxygen atoms in total. The Kier molecular flexibility index (Phi) is 4.58. The highest BCUT2D eigenvalue weighted by molar-refractivity contribution is 6.35. The molecule has 2 rings (SSSR count). The van der Waals surface area contributed by atoms with Crippen molar-refractivity contribution in [2.45, 2.75) is 39.2 Å². The van der Waals surface area contributed by atoms with Crippen LogP contribution in [-0.2, 0) is 0 Å². The molecule has 0 saturated heterocycles. The Balaban J connectivity index is 2.13. The zero-order valence-corrected chi connectivity index (χ0v) is 12.5. The van der Waals surface area contributed by atoms with E-state index in [9.17, 15) is 0 Å². The second kappa shape index (κ2) is 5.81. The van der Waals surface area contributed by atoms with Gasteiger partial charge >= 0.3 is 0 Å². The smallest absolute Gasteiger partial charge is 0.0468 e. The van der Waals surface area contributed by atoms with Crippen molar-refractivity contribution in [3.8, 4) is 0 Å². The highest BCUT2D eigenvalue weighted by atomic mass is 35.5. The Morgan fingerprint density at radius 2 is 1.89 bits per heavy atom. The highest BCUT2D eigenvalue weighted by Crippen LogP contribution is 2.40. The summed E-state index contributed by atoms with van der Waals surface area (Å²) >= 11 is 12.2. The SMILES string of the molecule is CC1CCC(C(N)c2ccc(Cl)cc2Cl)CC1C. The molecule has 1 aliphatic rings. The fourth-order valence-corrected chi connectivity index (χ4v) is 3.48. The summed E-state index contributed by atoms with van der Waals surface area (Å²) in [7, 11) is 0. The largest absolute Gasteiger partial charge is 0.324 e. The molecular formula is C15H21Cl2N. The van der Waals surface area contributed by atoms with E-state index in [1.807, 2.05) is 12.1 Å². The van der Waals surface area contributed by atoms with Crippen LogP contribution in [0.1, 0.15) is 44.7 Å². The Bertz CT molecular complexity index is 419. The average molecular weight is 286 g/mol. The van der Waals surface area contributed by atoms with Crippen LogP contribution in [0, 0.1) is 17.8 Å². The summed E-state index contributed by atoms with van der Waals surface area (Å²) in [6.07, 6.45) is 3.66. The van der Waals surface area contributed by atoms with Gasteiger partial charge in [-0.15, -0.1) is 0 Å². The van der Waals surface area contributed by atoms with Crippen molar-refractivity contribution in [2.75, 3.05) is 0 Å². The van der Waals surface area contributed by atoms with Crippen LogP contribution in [0.2, 0.25) is 10.0 Å². The summed E-state index contributed by atoms with van der Waals surface area (Å²) in [6, 6.07) is 5.66. The average Bonchev–Trinajstić information content (AvgIpc) is 2.32. The van der Waals surface area contributed by atoms with E-state index in [2.05, 4.69) is 13.8 Å². The molecule has 3 heteroatoms. The molecule has 1 aromatic carbocycles. The quantitative estimate of drug-likeness (QED) is 0.807. The van der Waals surface area contributed by atoms with Crippen molar-refractivity contribution < 1.29 is 0 Å². The van der Waals surface area contributed by atoms with Gasteiger partial charge in [0.2, 0.25) is 0 Å². The number of hydrogen-bond acceptors (Lipinski definition) is 1. The van der Waals surface area contributed by atoms with Gasteiger partial charge in [0.25, 0.3) is 0 Å². The van der Waals surface area contributed by atoms with Gasteiger partial charge in [0.1, 0.15) is 0 Å². The topological polar surface area (TPSA) is 26.0 Å². The second-order valence-electron chi connectivity index (χ2n) is 5.72. The van der Waals surface area contributed by atoms with E-state index in [-0.39, 0.29) is 6.04 Å². The number of hydrogen-bond donors (Lipinski definition) is 1. The zero-order valence-electron chi connectivity index (χ0n) is 11.0. The minimum atomic E-state index is 0.0321. The molecule has 0 heterocycles. The summed E-state index contributed by atoms with van der Waals surface area (Å²) in [5.74, 6) is 2.10. The van der Waals surface area contributed by atoms with Crippen molar-refractivity contribution >= 4 is 23.2 Å². The van der Waals surface area contributed by atoms with Crippen LogP contribution in [0.15, 0.2) is 18.2 Å². The summed E-state index contributed by atoms with van der Waals surface area (Å²) in [4.78, 5) is 0. The van der Waals surface area contributed by atoms with Crippen molar-refractivity contribution in [1.82, 2.24) is 0 Å².